The van der Waals surface area contributed by atoms with E-state index in [1.807, 2.05) is 6.92 Å². The largest absolute Gasteiger partial charge is 0.353 e. The van der Waals surface area contributed by atoms with Crippen LogP contribution < -0.4 is 4.90 Å². The van der Waals surface area contributed by atoms with Gasteiger partial charge >= 0.3 is 0 Å². The highest BCUT2D eigenvalue weighted by Crippen LogP contribution is 2.38. The SMILES string of the molecule is Cc1c(Cl)ncnc1N1CCC[C@H]2CCCC[C@H]21. The average Bonchev–Trinajstić information content (AvgIpc) is 2.41. The number of rotatable bonds is 1. The summed E-state index contributed by atoms with van der Waals surface area (Å²) in [5.74, 6) is 1.92. The van der Waals surface area contributed by atoms with Crippen LogP contribution in [0, 0.1) is 12.8 Å². The Morgan fingerprint density at radius 1 is 1.17 bits per heavy atom. The van der Waals surface area contributed by atoms with Crippen LogP contribution in [0.2, 0.25) is 5.15 Å². The standard InChI is InChI=1S/C14H20ClN3/c1-10-13(15)16-9-17-14(10)18-8-4-6-11-5-2-3-7-12(11)18/h9,11-12H,2-8H2,1H3/t11-,12-/m1/s1. The molecule has 2 heterocycles. The summed E-state index contributed by atoms with van der Waals surface area (Å²) < 4.78 is 0. The highest BCUT2D eigenvalue weighted by Gasteiger charge is 2.34. The van der Waals surface area contributed by atoms with Crippen LogP contribution in [0.3, 0.4) is 0 Å². The van der Waals surface area contributed by atoms with Gasteiger partial charge in [-0.15, -0.1) is 0 Å². The fourth-order valence-electron chi connectivity index (χ4n) is 3.60. The maximum Gasteiger partial charge on any atom is 0.137 e. The van der Waals surface area contributed by atoms with E-state index < -0.39 is 0 Å². The van der Waals surface area contributed by atoms with Crippen molar-refractivity contribution >= 4 is 17.4 Å². The molecule has 98 valence electrons. The number of halogens is 1. The average molecular weight is 266 g/mol. The van der Waals surface area contributed by atoms with Crippen molar-refractivity contribution in [1.82, 2.24) is 9.97 Å². The second-order valence-electron chi connectivity index (χ2n) is 5.56. The number of hydrogen-bond acceptors (Lipinski definition) is 3. The molecule has 4 heteroatoms. The second-order valence-corrected chi connectivity index (χ2v) is 5.92. The summed E-state index contributed by atoms with van der Waals surface area (Å²) >= 11 is 6.13. The van der Waals surface area contributed by atoms with E-state index in [0.717, 1.165) is 23.8 Å². The van der Waals surface area contributed by atoms with Gasteiger partial charge in [-0.2, -0.15) is 0 Å². The summed E-state index contributed by atoms with van der Waals surface area (Å²) in [7, 11) is 0. The van der Waals surface area contributed by atoms with Crippen molar-refractivity contribution in [3.8, 4) is 0 Å². The Kier molecular flexibility index (Phi) is 3.42. The topological polar surface area (TPSA) is 29.0 Å². The lowest BCUT2D eigenvalue weighted by Crippen LogP contribution is -2.47. The third-order valence-electron chi connectivity index (χ3n) is 4.51. The zero-order chi connectivity index (χ0) is 12.5. The van der Waals surface area contributed by atoms with E-state index in [1.165, 1.54) is 38.5 Å². The van der Waals surface area contributed by atoms with Crippen molar-refractivity contribution in [3.05, 3.63) is 17.0 Å². The van der Waals surface area contributed by atoms with Crippen molar-refractivity contribution in [2.24, 2.45) is 5.92 Å². The van der Waals surface area contributed by atoms with Crippen molar-refractivity contribution in [3.63, 3.8) is 0 Å². The van der Waals surface area contributed by atoms with Crippen LogP contribution >= 0.6 is 11.6 Å². The quantitative estimate of drug-likeness (QED) is 0.727. The molecule has 3 rings (SSSR count). The molecule has 1 aliphatic carbocycles. The Morgan fingerprint density at radius 3 is 2.83 bits per heavy atom. The molecule has 1 saturated heterocycles. The molecule has 0 bridgehead atoms. The summed E-state index contributed by atoms with van der Waals surface area (Å²) in [5.41, 5.74) is 1.03. The number of aromatic nitrogens is 2. The Hall–Kier alpha value is -0.830. The first kappa shape index (κ1) is 12.2. The van der Waals surface area contributed by atoms with Crippen molar-refractivity contribution in [2.45, 2.75) is 51.5 Å². The molecule has 0 radical (unpaired) electrons. The minimum Gasteiger partial charge on any atom is -0.353 e. The second kappa shape index (κ2) is 5.04. The van der Waals surface area contributed by atoms with E-state index in [9.17, 15) is 0 Å². The van der Waals surface area contributed by atoms with Gasteiger partial charge in [0.2, 0.25) is 0 Å². The van der Waals surface area contributed by atoms with Gasteiger partial charge in [0.05, 0.1) is 0 Å². The van der Waals surface area contributed by atoms with Gasteiger partial charge < -0.3 is 4.90 Å². The highest BCUT2D eigenvalue weighted by molar-refractivity contribution is 6.30. The summed E-state index contributed by atoms with van der Waals surface area (Å²) in [6.07, 6.45) is 9.72. The number of hydrogen-bond donors (Lipinski definition) is 0. The number of piperidine rings is 1. The normalized spacial score (nSPS) is 28.0. The van der Waals surface area contributed by atoms with Crippen molar-refractivity contribution in [2.75, 3.05) is 11.4 Å². The third kappa shape index (κ3) is 2.09. The first-order valence-corrected chi connectivity index (χ1v) is 7.39. The summed E-state index contributed by atoms with van der Waals surface area (Å²) in [5, 5.41) is 0.595. The first-order chi connectivity index (χ1) is 8.77. The van der Waals surface area contributed by atoms with E-state index in [2.05, 4.69) is 14.9 Å². The molecule has 0 aromatic carbocycles. The van der Waals surface area contributed by atoms with Crippen molar-refractivity contribution < 1.29 is 0 Å². The molecule has 1 saturated carbocycles. The molecule has 3 nitrogen and oxygen atoms in total. The van der Waals surface area contributed by atoms with Crippen LogP contribution in [0.25, 0.3) is 0 Å². The molecule has 0 unspecified atom stereocenters. The lowest BCUT2D eigenvalue weighted by molar-refractivity contribution is 0.242. The maximum atomic E-state index is 6.13. The number of fused-ring (bicyclic) bond motifs is 1. The van der Waals surface area contributed by atoms with E-state index in [1.54, 1.807) is 6.33 Å². The summed E-state index contributed by atoms with van der Waals surface area (Å²) in [6.45, 7) is 3.15. The molecule has 2 fully saturated rings. The zero-order valence-corrected chi connectivity index (χ0v) is 11.7. The molecule has 18 heavy (non-hydrogen) atoms. The molecule has 0 spiro atoms. The fraction of sp³-hybridized carbons (Fsp3) is 0.714. The van der Waals surface area contributed by atoms with Gasteiger partial charge in [-0.3, -0.25) is 0 Å². The van der Waals surface area contributed by atoms with Gasteiger partial charge in [-0.1, -0.05) is 24.4 Å². The number of anilines is 1. The van der Waals surface area contributed by atoms with E-state index in [-0.39, 0.29) is 0 Å². The first-order valence-electron chi connectivity index (χ1n) is 7.01. The Bertz CT molecular complexity index is 433. The lowest BCUT2D eigenvalue weighted by Gasteiger charge is -2.45. The summed E-state index contributed by atoms with van der Waals surface area (Å²) in [4.78, 5) is 11.0. The molecule has 2 atom stereocenters. The van der Waals surface area contributed by atoms with Gasteiger partial charge in [-0.05, 0) is 38.5 Å². The van der Waals surface area contributed by atoms with Gasteiger partial charge in [0.1, 0.15) is 17.3 Å². The van der Waals surface area contributed by atoms with Crippen LogP contribution in [-0.4, -0.2) is 22.6 Å². The Balaban J connectivity index is 1.92. The van der Waals surface area contributed by atoms with Crippen LogP contribution in [0.15, 0.2) is 6.33 Å². The maximum absolute atomic E-state index is 6.13. The highest BCUT2D eigenvalue weighted by atomic mass is 35.5. The minimum atomic E-state index is 0.595. The predicted octanol–water partition coefficient (Wildman–Crippen LogP) is 3.60. The molecule has 0 amide bonds. The molecule has 1 aromatic rings. The Morgan fingerprint density at radius 2 is 1.94 bits per heavy atom. The monoisotopic (exact) mass is 265 g/mol. The summed E-state index contributed by atoms with van der Waals surface area (Å²) in [6, 6.07) is 0.678. The fourth-order valence-corrected chi connectivity index (χ4v) is 3.73. The Labute approximate surface area is 114 Å². The predicted molar refractivity (Wildman–Crippen MR) is 74.1 cm³/mol. The number of nitrogens with zero attached hydrogens (tertiary/aromatic N) is 3. The molecule has 0 N–H and O–H groups in total. The van der Waals surface area contributed by atoms with Crippen LogP contribution in [0.5, 0.6) is 0 Å². The molecule has 1 aromatic heterocycles. The van der Waals surface area contributed by atoms with Gasteiger partial charge in [0, 0.05) is 18.2 Å². The molecule has 2 aliphatic rings. The van der Waals surface area contributed by atoms with E-state index in [4.69, 9.17) is 11.6 Å². The molecule has 1 aliphatic heterocycles. The zero-order valence-electron chi connectivity index (χ0n) is 10.9. The van der Waals surface area contributed by atoms with Crippen molar-refractivity contribution in [1.29, 1.82) is 0 Å². The molecular formula is C14H20ClN3. The van der Waals surface area contributed by atoms with Crippen LogP contribution in [-0.2, 0) is 0 Å². The minimum absolute atomic E-state index is 0.595. The molecular weight excluding hydrogens is 246 g/mol. The lowest BCUT2D eigenvalue weighted by atomic mass is 9.78. The van der Waals surface area contributed by atoms with Gasteiger partial charge in [0.15, 0.2) is 0 Å². The smallest absolute Gasteiger partial charge is 0.137 e. The van der Waals surface area contributed by atoms with Crippen LogP contribution in [0.1, 0.15) is 44.1 Å². The van der Waals surface area contributed by atoms with E-state index >= 15 is 0 Å². The van der Waals surface area contributed by atoms with Gasteiger partial charge in [-0.25, -0.2) is 9.97 Å². The van der Waals surface area contributed by atoms with E-state index in [0.29, 0.717) is 11.2 Å². The third-order valence-corrected chi connectivity index (χ3v) is 4.89. The van der Waals surface area contributed by atoms with Gasteiger partial charge in [0.25, 0.3) is 0 Å². The van der Waals surface area contributed by atoms with Crippen LogP contribution in [0.4, 0.5) is 5.82 Å².